The largest absolute Gasteiger partial charge is 0.481 e. The van der Waals surface area contributed by atoms with Crippen molar-refractivity contribution >= 4 is 11.9 Å². The van der Waals surface area contributed by atoms with Gasteiger partial charge in [0.25, 0.3) is 0 Å². The third-order valence-corrected chi connectivity index (χ3v) is 3.13. The van der Waals surface area contributed by atoms with E-state index >= 15 is 0 Å². The summed E-state index contributed by atoms with van der Waals surface area (Å²) in [4.78, 5) is 22.4. The molecule has 17 heavy (non-hydrogen) atoms. The Morgan fingerprint density at radius 1 is 1.53 bits per heavy atom. The van der Waals surface area contributed by atoms with Crippen molar-refractivity contribution < 1.29 is 14.7 Å². The fraction of sp³-hybridized carbons (Fsp3) is 0.545. The highest BCUT2D eigenvalue weighted by Crippen LogP contribution is 2.27. The quantitative estimate of drug-likeness (QED) is 0.795. The minimum Gasteiger partial charge on any atom is -0.481 e. The highest BCUT2D eigenvalue weighted by atomic mass is 16.4. The lowest BCUT2D eigenvalue weighted by atomic mass is 9.80. The zero-order chi connectivity index (χ0) is 12.4. The van der Waals surface area contributed by atoms with Gasteiger partial charge in [0.15, 0.2) is 0 Å². The second-order valence-corrected chi connectivity index (χ2v) is 4.37. The molecule has 1 saturated carbocycles. The Balaban J connectivity index is 1.81. The Hall–Kier alpha value is -1.85. The minimum atomic E-state index is -0.782. The van der Waals surface area contributed by atoms with Gasteiger partial charge in [-0.25, -0.2) is 0 Å². The van der Waals surface area contributed by atoms with E-state index in [0.29, 0.717) is 12.8 Å². The maximum Gasteiger partial charge on any atom is 0.306 e. The van der Waals surface area contributed by atoms with E-state index in [1.165, 1.54) is 0 Å². The van der Waals surface area contributed by atoms with Gasteiger partial charge in [0.2, 0.25) is 5.91 Å². The standard InChI is InChI=1S/C11H15N3O3/c1-7(14-4-2-3-12-14)10(15)13-9-5-8(6-9)11(16)17/h2-4,7-9H,5-6H2,1H3,(H,13,15)(H,16,17)/t7-,8?,9?/m1/s1. The first kappa shape index (κ1) is 11.6. The van der Waals surface area contributed by atoms with E-state index in [9.17, 15) is 9.59 Å². The predicted molar refractivity (Wildman–Crippen MR) is 59.2 cm³/mol. The van der Waals surface area contributed by atoms with Crippen LogP contribution in [0.3, 0.4) is 0 Å². The highest BCUT2D eigenvalue weighted by molar-refractivity contribution is 5.80. The lowest BCUT2D eigenvalue weighted by Crippen LogP contribution is -2.48. The zero-order valence-electron chi connectivity index (χ0n) is 9.54. The zero-order valence-corrected chi connectivity index (χ0v) is 9.54. The van der Waals surface area contributed by atoms with Crippen molar-refractivity contribution in [2.75, 3.05) is 0 Å². The molecular formula is C11H15N3O3. The first-order valence-electron chi connectivity index (χ1n) is 5.60. The summed E-state index contributed by atoms with van der Waals surface area (Å²) in [6.07, 6.45) is 4.39. The van der Waals surface area contributed by atoms with E-state index in [1.807, 2.05) is 0 Å². The van der Waals surface area contributed by atoms with Gasteiger partial charge in [0.05, 0.1) is 5.92 Å². The molecule has 0 saturated heterocycles. The molecule has 92 valence electrons. The number of aliphatic carboxylic acids is 1. The predicted octanol–water partition coefficient (Wildman–Crippen LogP) is 0.423. The van der Waals surface area contributed by atoms with Crippen molar-refractivity contribution in [1.29, 1.82) is 0 Å². The van der Waals surface area contributed by atoms with Gasteiger partial charge >= 0.3 is 5.97 Å². The van der Waals surface area contributed by atoms with E-state index in [-0.39, 0.29) is 23.9 Å². The average Bonchev–Trinajstić information content (AvgIpc) is 2.73. The van der Waals surface area contributed by atoms with Crippen LogP contribution in [-0.4, -0.2) is 32.8 Å². The number of rotatable bonds is 4. The van der Waals surface area contributed by atoms with Gasteiger partial charge in [-0.3, -0.25) is 14.3 Å². The van der Waals surface area contributed by atoms with E-state index in [4.69, 9.17) is 5.11 Å². The molecule has 2 rings (SSSR count). The molecule has 2 N–H and O–H groups in total. The number of carbonyl (C=O) groups excluding carboxylic acids is 1. The van der Waals surface area contributed by atoms with Crippen molar-refractivity contribution in [3.8, 4) is 0 Å². The third kappa shape index (κ3) is 2.46. The molecule has 1 aliphatic rings. The maximum absolute atomic E-state index is 11.8. The van der Waals surface area contributed by atoms with Crippen LogP contribution in [0.2, 0.25) is 0 Å². The Kier molecular flexibility index (Phi) is 3.12. The van der Waals surface area contributed by atoms with Crippen LogP contribution in [0.4, 0.5) is 0 Å². The Morgan fingerprint density at radius 2 is 2.24 bits per heavy atom. The molecule has 1 aromatic rings. The summed E-state index contributed by atoms with van der Waals surface area (Å²) in [5.74, 6) is -1.21. The molecule has 1 heterocycles. The summed E-state index contributed by atoms with van der Waals surface area (Å²) in [6.45, 7) is 1.76. The fourth-order valence-corrected chi connectivity index (χ4v) is 1.89. The molecule has 1 aliphatic carbocycles. The van der Waals surface area contributed by atoms with Crippen LogP contribution in [0.5, 0.6) is 0 Å². The van der Waals surface area contributed by atoms with E-state index in [2.05, 4.69) is 10.4 Å². The SMILES string of the molecule is C[C@H](C(=O)NC1CC(C(=O)O)C1)n1cccn1. The molecule has 0 radical (unpaired) electrons. The van der Waals surface area contributed by atoms with Crippen molar-refractivity contribution in [1.82, 2.24) is 15.1 Å². The van der Waals surface area contributed by atoms with Gasteiger partial charge in [-0.2, -0.15) is 5.10 Å². The normalized spacial score (nSPS) is 24.8. The summed E-state index contributed by atoms with van der Waals surface area (Å²) < 4.78 is 1.57. The number of hydrogen-bond donors (Lipinski definition) is 2. The molecular weight excluding hydrogens is 222 g/mol. The summed E-state index contributed by atoms with van der Waals surface area (Å²) in [7, 11) is 0. The molecule has 0 aromatic carbocycles. The molecule has 1 aromatic heterocycles. The van der Waals surface area contributed by atoms with Gasteiger partial charge in [0, 0.05) is 18.4 Å². The topological polar surface area (TPSA) is 84.2 Å². The third-order valence-electron chi connectivity index (χ3n) is 3.13. The Morgan fingerprint density at radius 3 is 2.76 bits per heavy atom. The number of nitrogens with zero attached hydrogens (tertiary/aromatic N) is 2. The van der Waals surface area contributed by atoms with Crippen LogP contribution < -0.4 is 5.32 Å². The number of amides is 1. The van der Waals surface area contributed by atoms with Crippen LogP contribution in [0.25, 0.3) is 0 Å². The molecule has 6 nitrogen and oxygen atoms in total. The number of carboxylic acid groups (broad SMARTS) is 1. The molecule has 0 unspecified atom stereocenters. The van der Waals surface area contributed by atoms with Gasteiger partial charge in [-0.15, -0.1) is 0 Å². The van der Waals surface area contributed by atoms with E-state index < -0.39 is 5.97 Å². The van der Waals surface area contributed by atoms with Gasteiger partial charge in [0.1, 0.15) is 6.04 Å². The van der Waals surface area contributed by atoms with Gasteiger partial charge in [-0.05, 0) is 25.8 Å². The maximum atomic E-state index is 11.8. The Bertz CT molecular complexity index is 410. The number of nitrogens with one attached hydrogen (secondary N) is 1. The van der Waals surface area contributed by atoms with E-state index in [0.717, 1.165) is 0 Å². The molecule has 0 aliphatic heterocycles. The van der Waals surface area contributed by atoms with Crippen LogP contribution in [0.1, 0.15) is 25.8 Å². The van der Waals surface area contributed by atoms with Crippen molar-refractivity contribution in [2.24, 2.45) is 5.92 Å². The van der Waals surface area contributed by atoms with Crippen LogP contribution >= 0.6 is 0 Å². The molecule has 1 fully saturated rings. The highest BCUT2D eigenvalue weighted by Gasteiger charge is 2.35. The minimum absolute atomic E-state index is 0.0124. The van der Waals surface area contributed by atoms with E-state index in [1.54, 1.807) is 30.1 Å². The van der Waals surface area contributed by atoms with Crippen molar-refractivity contribution in [3.63, 3.8) is 0 Å². The van der Waals surface area contributed by atoms with Crippen LogP contribution in [-0.2, 0) is 9.59 Å². The molecule has 0 bridgehead atoms. The molecule has 1 amide bonds. The smallest absolute Gasteiger partial charge is 0.306 e. The average molecular weight is 237 g/mol. The lowest BCUT2D eigenvalue weighted by Gasteiger charge is -2.33. The summed E-state index contributed by atoms with van der Waals surface area (Å²) in [5, 5.41) is 15.5. The van der Waals surface area contributed by atoms with Crippen LogP contribution in [0, 0.1) is 5.92 Å². The number of carbonyl (C=O) groups is 2. The first-order chi connectivity index (χ1) is 8.08. The summed E-state index contributed by atoms with van der Waals surface area (Å²) >= 11 is 0. The van der Waals surface area contributed by atoms with Gasteiger partial charge < -0.3 is 10.4 Å². The second kappa shape index (κ2) is 4.57. The molecule has 6 heteroatoms. The number of hydrogen-bond acceptors (Lipinski definition) is 3. The van der Waals surface area contributed by atoms with Crippen LogP contribution in [0.15, 0.2) is 18.5 Å². The molecule has 0 spiro atoms. The monoisotopic (exact) mass is 237 g/mol. The van der Waals surface area contributed by atoms with Crippen molar-refractivity contribution in [2.45, 2.75) is 31.8 Å². The molecule has 1 atom stereocenters. The summed E-state index contributed by atoms with van der Waals surface area (Å²) in [5.41, 5.74) is 0. The summed E-state index contributed by atoms with van der Waals surface area (Å²) in [6, 6.07) is 1.38. The fourth-order valence-electron chi connectivity index (χ4n) is 1.89. The lowest BCUT2D eigenvalue weighted by molar-refractivity contribution is -0.146. The van der Waals surface area contributed by atoms with Gasteiger partial charge in [-0.1, -0.05) is 0 Å². The second-order valence-electron chi connectivity index (χ2n) is 4.37. The Labute approximate surface area is 98.6 Å². The number of aromatic nitrogens is 2. The first-order valence-corrected chi connectivity index (χ1v) is 5.60. The number of carboxylic acids is 1. The van der Waals surface area contributed by atoms with Crippen molar-refractivity contribution in [3.05, 3.63) is 18.5 Å².